The second-order valence-electron chi connectivity index (χ2n) is 7.24. The number of carbonyl (C=O) groups is 1. The lowest BCUT2D eigenvalue weighted by Gasteiger charge is -2.09. The van der Waals surface area contributed by atoms with E-state index in [1.807, 2.05) is 29.8 Å². The van der Waals surface area contributed by atoms with E-state index >= 15 is 0 Å². The monoisotopic (exact) mass is 497 g/mol. The maximum absolute atomic E-state index is 12.6. The minimum atomic E-state index is -3.80. The maximum Gasteiger partial charge on any atom is 0.263 e. The lowest BCUT2D eigenvalue weighted by atomic mass is 10.2. The minimum absolute atomic E-state index is 0.0601. The second-order valence-corrected chi connectivity index (χ2v) is 9.99. The van der Waals surface area contributed by atoms with Crippen LogP contribution in [0.1, 0.15) is 22.3 Å². The van der Waals surface area contributed by atoms with E-state index in [1.54, 1.807) is 24.7 Å². The van der Waals surface area contributed by atoms with Crippen LogP contribution in [0.15, 0.2) is 72.1 Å². The number of benzene rings is 2. The molecule has 176 valence electrons. The van der Waals surface area contributed by atoms with Gasteiger partial charge in [-0.1, -0.05) is 18.3 Å². The van der Waals surface area contributed by atoms with Gasteiger partial charge in [0.1, 0.15) is 5.01 Å². The summed E-state index contributed by atoms with van der Waals surface area (Å²) >= 11 is 1.19. The number of aryl methyl sites for hydroxylation is 1. The molecule has 34 heavy (non-hydrogen) atoms. The molecule has 1 amide bonds. The van der Waals surface area contributed by atoms with Crippen LogP contribution >= 0.6 is 11.3 Å². The summed E-state index contributed by atoms with van der Waals surface area (Å²) in [5.74, 6) is -0.292. The number of aromatic nitrogens is 4. The molecule has 0 radical (unpaired) electrons. The molecule has 0 aliphatic heterocycles. The van der Waals surface area contributed by atoms with Crippen LogP contribution in [0.25, 0.3) is 0 Å². The summed E-state index contributed by atoms with van der Waals surface area (Å²) in [6, 6.07) is 13.0. The summed E-state index contributed by atoms with van der Waals surface area (Å²) in [5.41, 5.74) is 1.87. The zero-order valence-electron chi connectivity index (χ0n) is 18.3. The second kappa shape index (κ2) is 10.4. The lowest BCUT2D eigenvalue weighted by molar-refractivity contribution is 0.102. The molecule has 3 N–H and O–H groups in total. The number of hydrogen-bond donors (Lipinski definition) is 3. The summed E-state index contributed by atoms with van der Waals surface area (Å²) in [5, 5.41) is 14.8. The third-order valence-corrected chi connectivity index (χ3v) is 7.29. The summed E-state index contributed by atoms with van der Waals surface area (Å²) in [4.78, 5) is 16.6. The number of amides is 1. The third kappa shape index (κ3) is 5.97. The Morgan fingerprint density at radius 1 is 1.03 bits per heavy atom. The number of sulfonamides is 1. The highest BCUT2D eigenvalue weighted by Crippen LogP contribution is 2.21. The zero-order valence-corrected chi connectivity index (χ0v) is 19.9. The van der Waals surface area contributed by atoms with Crippen molar-refractivity contribution < 1.29 is 13.2 Å². The predicted molar refractivity (Wildman–Crippen MR) is 132 cm³/mol. The first-order chi connectivity index (χ1) is 16.4. The molecule has 0 saturated heterocycles. The lowest BCUT2D eigenvalue weighted by Crippen LogP contribution is -2.14. The van der Waals surface area contributed by atoms with E-state index in [0.29, 0.717) is 17.7 Å². The zero-order chi connectivity index (χ0) is 24.0. The maximum atomic E-state index is 12.6. The van der Waals surface area contributed by atoms with Crippen molar-refractivity contribution in [3.8, 4) is 0 Å². The van der Waals surface area contributed by atoms with Gasteiger partial charge in [-0.3, -0.25) is 9.52 Å². The molecule has 2 aromatic carbocycles. The largest absolute Gasteiger partial charge is 0.383 e. The number of rotatable bonds is 10. The fraction of sp³-hybridized carbons (Fsp3) is 0.182. The Hall–Kier alpha value is -3.77. The Morgan fingerprint density at radius 3 is 2.41 bits per heavy atom. The highest BCUT2D eigenvalue weighted by atomic mass is 32.2. The molecule has 0 bridgehead atoms. The first kappa shape index (κ1) is 23.4. The molecule has 2 aromatic heterocycles. The van der Waals surface area contributed by atoms with Crippen LogP contribution in [-0.2, 0) is 23.0 Å². The standard InChI is InChI=1S/C22H23N7O3S2/c1-2-20-26-27-22(33-20)28-34(31,32)19-9-7-18(8-10-19)25-21(30)16-3-5-17(6-4-16)24-12-14-29-13-11-23-15-29/h3-11,13,15,24H,2,12,14H2,1H3,(H,25,30)(H,27,28). The van der Waals surface area contributed by atoms with Crippen LogP contribution in [0, 0.1) is 0 Å². The van der Waals surface area contributed by atoms with Crippen molar-refractivity contribution in [1.82, 2.24) is 19.7 Å². The average molecular weight is 498 g/mol. The van der Waals surface area contributed by atoms with Gasteiger partial charge in [0, 0.05) is 42.4 Å². The van der Waals surface area contributed by atoms with E-state index in [1.165, 1.54) is 35.6 Å². The van der Waals surface area contributed by atoms with Crippen LogP contribution in [-0.4, -0.2) is 40.6 Å². The van der Waals surface area contributed by atoms with Gasteiger partial charge in [-0.15, -0.1) is 10.2 Å². The molecular weight excluding hydrogens is 474 g/mol. The molecule has 10 nitrogen and oxygen atoms in total. The van der Waals surface area contributed by atoms with Crippen molar-refractivity contribution in [3.05, 3.63) is 77.8 Å². The molecule has 4 aromatic rings. The van der Waals surface area contributed by atoms with Gasteiger partial charge in [0.05, 0.1) is 11.2 Å². The van der Waals surface area contributed by atoms with Crippen molar-refractivity contribution in [2.45, 2.75) is 24.8 Å². The predicted octanol–water partition coefficient (Wildman–Crippen LogP) is 3.46. The average Bonchev–Trinajstić information content (AvgIpc) is 3.52. The first-order valence-corrected chi connectivity index (χ1v) is 12.8. The Bertz CT molecular complexity index is 1330. The SMILES string of the molecule is CCc1nnc(NS(=O)(=O)c2ccc(NC(=O)c3ccc(NCCn4ccnc4)cc3)cc2)s1. The van der Waals surface area contributed by atoms with Gasteiger partial charge < -0.3 is 15.2 Å². The molecule has 0 aliphatic rings. The van der Waals surface area contributed by atoms with Gasteiger partial charge in [0.15, 0.2) is 0 Å². The molecule has 0 atom stereocenters. The van der Waals surface area contributed by atoms with E-state index in [0.717, 1.165) is 23.8 Å². The van der Waals surface area contributed by atoms with E-state index < -0.39 is 10.0 Å². The molecular formula is C22H23N7O3S2. The number of carbonyl (C=O) groups excluding carboxylic acids is 1. The van der Waals surface area contributed by atoms with Crippen LogP contribution in [0.2, 0.25) is 0 Å². The van der Waals surface area contributed by atoms with Crippen LogP contribution in [0.5, 0.6) is 0 Å². The molecule has 12 heteroatoms. The summed E-state index contributed by atoms with van der Waals surface area (Å²) in [6.45, 7) is 3.43. The van der Waals surface area contributed by atoms with Crippen molar-refractivity contribution in [3.63, 3.8) is 0 Å². The van der Waals surface area contributed by atoms with Gasteiger partial charge in [-0.2, -0.15) is 0 Å². The first-order valence-electron chi connectivity index (χ1n) is 10.5. The fourth-order valence-corrected chi connectivity index (χ4v) is 4.93. The summed E-state index contributed by atoms with van der Waals surface area (Å²) < 4.78 is 29.5. The Morgan fingerprint density at radius 2 is 1.76 bits per heavy atom. The van der Waals surface area contributed by atoms with Crippen molar-refractivity contribution in [1.29, 1.82) is 0 Å². The van der Waals surface area contributed by atoms with Gasteiger partial charge >= 0.3 is 0 Å². The number of nitrogens with zero attached hydrogens (tertiary/aromatic N) is 4. The fourth-order valence-electron chi connectivity index (χ4n) is 3.02. The number of hydrogen-bond acceptors (Lipinski definition) is 8. The van der Waals surface area contributed by atoms with E-state index in [-0.39, 0.29) is 15.9 Å². The molecule has 0 saturated carbocycles. The van der Waals surface area contributed by atoms with Crippen molar-refractivity contribution in [2.24, 2.45) is 0 Å². The highest BCUT2D eigenvalue weighted by Gasteiger charge is 2.17. The molecule has 0 spiro atoms. The van der Waals surface area contributed by atoms with Crippen LogP contribution in [0.3, 0.4) is 0 Å². The van der Waals surface area contributed by atoms with E-state index in [9.17, 15) is 13.2 Å². The highest BCUT2D eigenvalue weighted by molar-refractivity contribution is 7.93. The number of anilines is 3. The molecule has 0 unspecified atom stereocenters. The molecule has 0 aliphatic carbocycles. The Kier molecular flexibility index (Phi) is 7.18. The van der Waals surface area contributed by atoms with Crippen molar-refractivity contribution >= 4 is 43.8 Å². The van der Waals surface area contributed by atoms with Crippen molar-refractivity contribution in [2.75, 3.05) is 21.9 Å². The summed E-state index contributed by atoms with van der Waals surface area (Å²) in [7, 11) is -3.80. The molecule has 0 fully saturated rings. The van der Waals surface area contributed by atoms with E-state index in [4.69, 9.17) is 0 Å². The number of nitrogens with one attached hydrogen (secondary N) is 3. The van der Waals surface area contributed by atoms with Gasteiger partial charge in [0.25, 0.3) is 15.9 Å². The molecule has 4 rings (SSSR count). The quantitative estimate of drug-likeness (QED) is 0.306. The third-order valence-electron chi connectivity index (χ3n) is 4.82. The van der Waals surface area contributed by atoms with Crippen LogP contribution < -0.4 is 15.4 Å². The minimum Gasteiger partial charge on any atom is -0.383 e. The summed E-state index contributed by atoms with van der Waals surface area (Å²) in [6.07, 6.45) is 6.07. The number of imidazole rings is 1. The van der Waals surface area contributed by atoms with E-state index in [2.05, 4.69) is 30.5 Å². The Labute approximate surface area is 201 Å². The Balaban J connectivity index is 1.32. The normalized spacial score (nSPS) is 11.2. The van der Waals surface area contributed by atoms with Gasteiger partial charge in [0.2, 0.25) is 5.13 Å². The van der Waals surface area contributed by atoms with Crippen LogP contribution in [0.4, 0.5) is 16.5 Å². The molecule has 2 heterocycles. The van der Waals surface area contributed by atoms with Gasteiger partial charge in [-0.05, 0) is 55.0 Å². The topological polar surface area (TPSA) is 131 Å². The van der Waals surface area contributed by atoms with Gasteiger partial charge in [-0.25, -0.2) is 13.4 Å². The smallest absolute Gasteiger partial charge is 0.263 e.